The van der Waals surface area contributed by atoms with Crippen molar-refractivity contribution < 1.29 is 41.8 Å². The molecule has 47 heavy (non-hydrogen) atoms. The van der Waals surface area contributed by atoms with Crippen molar-refractivity contribution in [1.29, 1.82) is 0 Å². The van der Waals surface area contributed by atoms with Crippen molar-refractivity contribution in [2.24, 2.45) is 5.92 Å². The maximum atomic E-state index is 14.5. The molecule has 3 rings (SSSR count). The summed E-state index contributed by atoms with van der Waals surface area (Å²) < 4.78 is 52.3. The summed E-state index contributed by atoms with van der Waals surface area (Å²) in [4.78, 5) is 52.8. The first kappa shape index (κ1) is 37.5. The zero-order valence-corrected chi connectivity index (χ0v) is 28.3. The summed E-state index contributed by atoms with van der Waals surface area (Å²) in [7, 11) is 0. The number of halogens is 3. The number of thioether (sulfide) groups is 1. The fraction of sp³-hybridized carbons (Fsp3) is 0.515. The Morgan fingerprint density at radius 3 is 2.30 bits per heavy atom. The van der Waals surface area contributed by atoms with Gasteiger partial charge in [-0.25, -0.2) is 22.8 Å². The molecule has 10 nitrogen and oxygen atoms in total. The Morgan fingerprint density at radius 2 is 1.68 bits per heavy atom. The van der Waals surface area contributed by atoms with E-state index in [9.17, 15) is 32.3 Å². The number of nitrogens with zero attached hydrogens (tertiary/aromatic N) is 1. The largest absolute Gasteiger partial charge is 0.464 e. The highest BCUT2D eigenvalue weighted by Gasteiger charge is 2.36. The number of hydrogen-bond acceptors (Lipinski definition) is 8. The van der Waals surface area contributed by atoms with Crippen LogP contribution in [0.2, 0.25) is 0 Å². The first-order valence-electron chi connectivity index (χ1n) is 15.4. The lowest BCUT2D eigenvalue weighted by atomic mass is 10.0. The van der Waals surface area contributed by atoms with Crippen molar-refractivity contribution in [3.63, 3.8) is 0 Å². The molecule has 14 heteroatoms. The van der Waals surface area contributed by atoms with Gasteiger partial charge in [-0.2, -0.15) is 0 Å². The quantitative estimate of drug-likeness (QED) is 0.196. The number of hydrogen-bond donors (Lipinski definition) is 3. The summed E-state index contributed by atoms with van der Waals surface area (Å²) in [6.07, 6.45) is -1.54. The van der Waals surface area contributed by atoms with Gasteiger partial charge in [0.1, 0.15) is 17.5 Å². The number of anilines is 1. The van der Waals surface area contributed by atoms with Crippen molar-refractivity contribution >= 4 is 41.3 Å². The monoisotopic (exact) mass is 680 g/mol. The highest BCUT2D eigenvalue weighted by atomic mass is 32.2. The summed E-state index contributed by atoms with van der Waals surface area (Å²) in [6.45, 7) is 11.2. The Bertz CT molecular complexity index is 1420. The number of carbonyl (C=O) groups excluding carboxylic acids is 4. The first-order chi connectivity index (χ1) is 22.1. The smallest absolute Gasteiger partial charge is 0.407 e. The molecule has 1 aliphatic heterocycles. The summed E-state index contributed by atoms with van der Waals surface area (Å²) in [5.74, 6) is -4.38. The molecule has 3 amide bonds. The normalized spacial score (nSPS) is 16.0. The van der Waals surface area contributed by atoms with Crippen molar-refractivity contribution in [2.45, 2.75) is 84.0 Å². The second kappa shape index (κ2) is 16.8. The van der Waals surface area contributed by atoms with Gasteiger partial charge in [0.05, 0.1) is 6.61 Å². The number of esters is 1. The van der Waals surface area contributed by atoms with Gasteiger partial charge in [-0.05, 0) is 69.4 Å². The second-order valence-electron chi connectivity index (χ2n) is 12.5. The number of amides is 3. The van der Waals surface area contributed by atoms with Crippen LogP contribution in [0.1, 0.15) is 59.1 Å². The molecule has 1 unspecified atom stereocenters. The maximum absolute atomic E-state index is 14.5. The van der Waals surface area contributed by atoms with Crippen LogP contribution in [0.3, 0.4) is 0 Å². The number of benzene rings is 2. The van der Waals surface area contributed by atoms with Crippen molar-refractivity contribution in [2.75, 3.05) is 24.2 Å². The molecular weight excluding hydrogens is 637 g/mol. The van der Waals surface area contributed by atoms with E-state index in [0.29, 0.717) is 23.6 Å². The Labute approximate surface area is 277 Å². The number of alkyl carbamates (subject to hydrolysis) is 1. The second-order valence-corrected chi connectivity index (χ2v) is 13.6. The van der Waals surface area contributed by atoms with Crippen LogP contribution in [0.15, 0.2) is 36.4 Å². The van der Waals surface area contributed by atoms with Gasteiger partial charge in [-0.1, -0.05) is 26.0 Å². The van der Waals surface area contributed by atoms with E-state index in [0.717, 1.165) is 5.56 Å². The molecule has 1 fully saturated rings. The van der Waals surface area contributed by atoms with E-state index >= 15 is 0 Å². The topological polar surface area (TPSA) is 126 Å². The van der Waals surface area contributed by atoms with Crippen LogP contribution in [0.5, 0.6) is 0 Å². The van der Waals surface area contributed by atoms with Crippen LogP contribution in [0.4, 0.5) is 23.7 Å². The van der Waals surface area contributed by atoms with Gasteiger partial charge in [0, 0.05) is 43.1 Å². The Hall–Kier alpha value is -3.94. The van der Waals surface area contributed by atoms with Crippen LogP contribution in [0.25, 0.3) is 0 Å². The lowest BCUT2D eigenvalue weighted by Crippen LogP contribution is -2.48. The number of nitrogens with one attached hydrogen (secondary N) is 3. The molecule has 0 saturated carbocycles. The predicted molar refractivity (Wildman–Crippen MR) is 173 cm³/mol. The lowest BCUT2D eigenvalue weighted by molar-refractivity contribution is -0.145. The average Bonchev–Trinajstić information content (AvgIpc) is 3.47. The van der Waals surface area contributed by atoms with Crippen molar-refractivity contribution in [3.05, 3.63) is 65.0 Å². The number of rotatable bonds is 13. The van der Waals surface area contributed by atoms with Crippen LogP contribution in [-0.4, -0.2) is 70.7 Å². The molecule has 3 atom stereocenters. The molecule has 258 valence electrons. The van der Waals surface area contributed by atoms with Crippen LogP contribution in [0, 0.1) is 23.4 Å². The predicted octanol–water partition coefficient (Wildman–Crippen LogP) is 5.15. The first-order valence-corrected chi connectivity index (χ1v) is 16.5. The van der Waals surface area contributed by atoms with E-state index < -0.39 is 58.4 Å². The van der Waals surface area contributed by atoms with Crippen LogP contribution < -0.4 is 16.0 Å². The van der Waals surface area contributed by atoms with Gasteiger partial charge >= 0.3 is 12.1 Å². The fourth-order valence-corrected chi connectivity index (χ4v) is 5.97. The Morgan fingerprint density at radius 1 is 1.02 bits per heavy atom. The molecule has 2 aromatic carbocycles. The SMILES string of the molecule is CCOC(=O)[C@H](Nc1ccc(CNC(=O)[C@@H]2SCCN2C(=O)CC(Cc2cc(F)c(F)cc2F)NC(=O)OC(C)(C)C)cc1)C(C)C. The van der Waals surface area contributed by atoms with Gasteiger partial charge in [0.25, 0.3) is 5.91 Å². The highest BCUT2D eigenvalue weighted by Crippen LogP contribution is 2.26. The molecule has 0 aromatic heterocycles. The van der Waals surface area contributed by atoms with Gasteiger partial charge in [-0.15, -0.1) is 11.8 Å². The third-order valence-electron chi connectivity index (χ3n) is 7.08. The molecule has 3 N–H and O–H groups in total. The Balaban J connectivity index is 1.64. The lowest BCUT2D eigenvalue weighted by Gasteiger charge is -2.27. The molecule has 1 saturated heterocycles. The Kier molecular flexibility index (Phi) is 13.4. The summed E-state index contributed by atoms with van der Waals surface area (Å²) >= 11 is 1.28. The van der Waals surface area contributed by atoms with Crippen molar-refractivity contribution in [1.82, 2.24) is 15.5 Å². The number of carbonyl (C=O) groups is 4. The van der Waals surface area contributed by atoms with Crippen LogP contribution >= 0.6 is 11.8 Å². The van der Waals surface area contributed by atoms with Gasteiger partial charge < -0.3 is 30.3 Å². The molecule has 1 aliphatic rings. The average molecular weight is 681 g/mol. The van der Waals surface area contributed by atoms with E-state index in [1.807, 2.05) is 13.8 Å². The maximum Gasteiger partial charge on any atom is 0.407 e. The number of ether oxygens (including phenoxy) is 2. The van der Waals surface area contributed by atoms with E-state index in [4.69, 9.17) is 9.47 Å². The molecule has 1 heterocycles. The third-order valence-corrected chi connectivity index (χ3v) is 8.29. The molecule has 0 radical (unpaired) electrons. The van der Waals surface area contributed by atoms with E-state index in [1.54, 1.807) is 52.0 Å². The highest BCUT2D eigenvalue weighted by molar-refractivity contribution is 8.00. The minimum absolute atomic E-state index is 0.00183. The van der Waals surface area contributed by atoms with E-state index in [-0.39, 0.29) is 50.0 Å². The summed E-state index contributed by atoms with van der Waals surface area (Å²) in [5, 5.41) is 7.71. The molecule has 2 aromatic rings. The summed E-state index contributed by atoms with van der Waals surface area (Å²) in [6, 6.07) is 6.74. The van der Waals surface area contributed by atoms with E-state index in [1.165, 1.54) is 16.7 Å². The molecule has 0 spiro atoms. The minimum atomic E-state index is -1.36. The molecule has 0 bridgehead atoms. The van der Waals surface area contributed by atoms with Crippen LogP contribution in [-0.2, 0) is 36.8 Å². The molecule has 0 aliphatic carbocycles. The summed E-state index contributed by atoms with van der Waals surface area (Å²) in [5.41, 5.74) is 0.408. The van der Waals surface area contributed by atoms with Gasteiger partial charge in [0.2, 0.25) is 5.91 Å². The standard InChI is InChI=1S/C33H43F3N4O6S/c1-7-45-31(43)28(19(2)3)38-22-10-8-20(9-11-22)18-37-29(42)30-40(12-13-47-30)27(41)16-23(39-32(44)46-33(4,5)6)14-21-15-25(35)26(36)17-24(21)34/h8-11,15,17,19,23,28,30,38H,7,12-14,16,18H2,1-6H3,(H,37,42)(H,39,44)/t23?,28-,30+/m1/s1. The zero-order valence-electron chi connectivity index (χ0n) is 27.5. The zero-order chi connectivity index (χ0) is 34.9. The molecular formula is C33H43F3N4O6S. The third kappa shape index (κ3) is 11.4. The van der Waals surface area contributed by atoms with Gasteiger partial charge in [-0.3, -0.25) is 9.59 Å². The minimum Gasteiger partial charge on any atom is -0.464 e. The van der Waals surface area contributed by atoms with Crippen molar-refractivity contribution in [3.8, 4) is 0 Å². The fourth-order valence-electron chi connectivity index (χ4n) is 4.81. The van der Waals surface area contributed by atoms with E-state index in [2.05, 4.69) is 16.0 Å². The van der Waals surface area contributed by atoms with Gasteiger partial charge in [0.15, 0.2) is 17.0 Å².